The van der Waals surface area contributed by atoms with Crippen LogP contribution in [-0.4, -0.2) is 22.5 Å². The van der Waals surface area contributed by atoms with Crippen LogP contribution in [0, 0.1) is 5.92 Å². The van der Waals surface area contributed by atoms with E-state index in [-0.39, 0.29) is 17.9 Å². The van der Waals surface area contributed by atoms with Crippen molar-refractivity contribution < 1.29 is 14.7 Å². The molecule has 0 aliphatic rings. The van der Waals surface area contributed by atoms with Crippen LogP contribution in [0.3, 0.4) is 0 Å². The number of rotatable bonds is 4. The first-order chi connectivity index (χ1) is 6.22. The van der Waals surface area contributed by atoms with Crippen LogP contribution >= 0.6 is 0 Å². The summed E-state index contributed by atoms with van der Waals surface area (Å²) in [7, 11) is 0. The average molecular weight is 201 g/mol. The van der Waals surface area contributed by atoms with Gasteiger partial charge in [0.25, 0.3) is 0 Å². The molecule has 0 saturated heterocycles. The maximum Gasteiger partial charge on any atom is 0.306 e. The molecule has 14 heavy (non-hydrogen) atoms. The number of carboxylic acids is 1. The number of hydrogen-bond acceptors (Lipinski definition) is 2. The van der Waals surface area contributed by atoms with Crippen LogP contribution in [0.2, 0.25) is 0 Å². The zero-order valence-electron chi connectivity index (χ0n) is 9.26. The Morgan fingerprint density at radius 2 is 1.86 bits per heavy atom. The van der Waals surface area contributed by atoms with E-state index in [9.17, 15) is 9.59 Å². The van der Waals surface area contributed by atoms with E-state index in [1.54, 1.807) is 6.92 Å². The second-order valence-corrected chi connectivity index (χ2v) is 4.58. The average Bonchev–Trinajstić information content (AvgIpc) is 1.96. The van der Waals surface area contributed by atoms with Gasteiger partial charge in [0.2, 0.25) is 5.91 Å². The fourth-order valence-corrected chi connectivity index (χ4v) is 0.952. The van der Waals surface area contributed by atoms with Gasteiger partial charge in [0.05, 0.1) is 5.92 Å². The summed E-state index contributed by atoms with van der Waals surface area (Å²) < 4.78 is 0. The first-order valence-electron chi connectivity index (χ1n) is 4.76. The summed E-state index contributed by atoms with van der Waals surface area (Å²) in [6.07, 6.45) is 0.655. The van der Waals surface area contributed by atoms with Crippen molar-refractivity contribution in [1.82, 2.24) is 5.32 Å². The van der Waals surface area contributed by atoms with E-state index < -0.39 is 11.9 Å². The molecule has 4 heteroatoms. The Morgan fingerprint density at radius 1 is 1.36 bits per heavy atom. The molecule has 0 rings (SSSR count). The van der Waals surface area contributed by atoms with Crippen molar-refractivity contribution in [3.63, 3.8) is 0 Å². The third-order valence-corrected chi connectivity index (χ3v) is 1.74. The number of aliphatic carboxylic acids is 1. The quantitative estimate of drug-likeness (QED) is 0.722. The number of carbonyl (C=O) groups excluding carboxylic acids is 1. The van der Waals surface area contributed by atoms with Crippen molar-refractivity contribution in [2.24, 2.45) is 5.92 Å². The summed E-state index contributed by atoms with van der Waals surface area (Å²) in [5.41, 5.74) is -0.246. The van der Waals surface area contributed by atoms with E-state index in [2.05, 4.69) is 5.32 Å². The third kappa shape index (κ3) is 6.46. The molecule has 1 atom stereocenters. The maximum absolute atomic E-state index is 11.3. The Hall–Kier alpha value is -1.06. The van der Waals surface area contributed by atoms with Gasteiger partial charge in [-0.25, -0.2) is 0 Å². The Bertz CT molecular complexity index is 218. The van der Waals surface area contributed by atoms with Gasteiger partial charge >= 0.3 is 5.97 Å². The second-order valence-electron chi connectivity index (χ2n) is 4.58. The van der Waals surface area contributed by atoms with Crippen molar-refractivity contribution in [1.29, 1.82) is 0 Å². The van der Waals surface area contributed by atoms with Gasteiger partial charge in [-0.1, -0.05) is 6.92 Å². The Morgan fingerprint density at radius 3 is 2.21 bits per heavy atom. The lowest BCUT2D eigenvalue weighted by molar-refractivity contribution is -0.141. The zero-order valence-corrected chi connectivity index (χ0v) is 9.26. The summed E-state index contributed by atoms with van der Waals surface area (Å²) in [4.78, 5) is 21.7. The molecular formula is C10H19NO3. The predicted molar refractivity (Wildman–Crippen MR) is 53.9 cm³/mol. The Labute approximate surface area is 84.7 Å². The highest BCUT2D eigenvalue weighted by Gasteiger charge is 2.16. The van der Waals surface area contributed by atoms with Crippen LogP contribution in [0.1, 0.15) is 40.5 Å². The summed E-state index contributed by atoms with van der Waals surface area (Å²) in [5.74, 6) is -1.40. The number of carbonyl (C=O) groups is 2. The van der Waals surface area contributed by atoms with E-state index in [0.29, 0.717) is 6.42 Å². The minimum absolute atomic E-state index is 0.0920. The lowest BCUT2D eigenvalue weighted by Gasteiger charge is -2.20. The van der Waals surface area contributed by atoms with Gasteiger partial charge in [0.15, 0.2) is 0 Å². The lowest BCUT2D eigenvalue weighted by Crippen LogP contribution is -2.40. The molecule has 0 heterocycles. The fourth-order valence-electron chi connectivity index (χ4n) is 0.952. The summed E-state index contributed by atoms with van der Waals surface area (Å²) in [6, 6.07) is 0. The van der Waals surface area contributed by atoms with Gasteiger partial charge in [0, 0.05) is 12.0 Å². The molecule has 1 amide bonds. The largest absolute Gasteiger partial charge is 0.481 e. The highest BCUT2D eigenvalue weighted by Crippen LogP contribution is 2.07. The monoisotopic (exact) mass is 201 g/mol. The van der Waals surface area contributed by atoms with E-state index in [1.807, 2.05) is 20.8 Å². The molecular weight excluding hydrogens is 182 g/mol. The standard InChI is InChI=1S/C10H19NO3/c1-7(9(13)14)5-6-8(12)11-10(2,3)4/h7H,5-6H2,1-4H3,(H,11,12)(H,13,14)/t7-/m0/s1. The molecule has 4 nitrogen and oxygen atoms in total. The first kappa shape index (κ1) is 12.9. The maximum atomic E-state index is 11.3. The normalized spacial score (nSPS) is 13.4. The molecule has 0 aliphatic carbocycles. The third-order valence-electron chi connectivity index (χ3n) is 1.74. The summed E-state index contributed by atoms with van der Waals surface area (Å²) in [6.45, 7) is 7.29. The molecule has 0 unspecified atom stereocenters. The topological polar surface area (TPSA) is 66.4 Å². The second kappa shape index (κ2) is 4.98. The molecule has 0 aromatic rings. The molecule has 2 N–H and O–H groups in total. The number of carboxylic acid groups (broad SMARTS) is 1. The fraction of sp³-hybridized carbons (Fsp3) is 0.800. The van der Waals surface area contributed by atoms with E-state index in [1.165, 1.54) is 0 Å². The Kier molecular flexibility index (Phi) is 4.60. The van der Waals surface area contributed by atoms with Crippen molar-refractivity contribution in [2.75, 3.05) is 0 Å². The lowest BCUT2D eigenvalue weighted by atomic mass is 10.0. The van der Waals surface area contributed by atoms with E-state index in [0.717, 1.165) is 0 Å². The van der Waals surface area contributed by atoms with Crippen LogP contribution < -0.4 is 5.32 Å². The first-order valence-corrected chi connectivity index (χ1v) is 4.76. The van der Waals surface area contributed by atoms with E-state index in [4.69, 9.17) is 5.11 Å². The summed E-state index contributed by atoms with van der Waals surface area (Å²) in [5, 5.41) is 11.4. The van der Waals surface area contributed by atoms with Crippen LogP contribution in [0.25, 0.3) is 0 Å². The van der Waals surface area contributed by atoms with Crippen molar-refractivity contribution >= 4 is 11.9 Å². The molecule has 0 aliphatic heterocycles. The van der Waals surface area contributed by atoms with Gasteiger partial charge in [-0.05, 0) is 27.2 Å². The molecule has 0 saturated carbocycles. The van der Waals surface area contributed by atoms with Crippen molar-refractivity contribution in [2.45, 2.75) is 46.1 Å². The SMILES string of the molecule is C[C@@H](CCC(=O)NC(C)(C)C)C(=O)O. The van der Waals surface area contributed by atoms with Gasteiger partial charge in [0.1, 0.15) is 0 Å². The minimum Gasteiger partial charge on any atom is -0.481 e. The molecule has 82 valence electrons. The number of amides is 1. The number of nitrogens with one attached hydrogen (secondary N) is 1. The molecule has 0 aromatic heterocycles. The number of hydrogen-bond donors (Lipinski definition) is 2. The van der Waals surface area contributed by atoms with Crippen LogP contribution in [0.4, 0.5) is 0 Å². The van der Waals surface area contributed by atoms with Crippen molar-refractivity contribution in [3.8, 4) is 0 Å². The molecule has 0 bridgehead atoms. The van der Waals surface area contributed by atoms with Gasteiger partial charge < -0.3 is 10.4 Å². The molecule has 0 aromatic carbocycles. The van der Waals surface area contributed by atoms with Gasteiger partial charge in [-0.3, -0.25) is 9.59 Å². The van der Waals surface area contributed by atoms with E-state index >= 15 is 0 Å². The highest BCUT2D eigenvalue weighted by atomic mass is 16.4. The Balaban J connectivity index is 3.81. The minimum atomic E-state index is -0.853. The van der Waals surface area contributed by atoms with Crippen LogP contribution in [0.5, 0.6) is 0 Å². The van der Waals surface area contributed by atoms with Crippen LogP contribution in [-0.2, 0) is 9.59 Å². The van der Waals surface area contributed by atoms with Gasteiger partial charge in [-0.2, -0.15) is 0 Å². The summed E-state index contributed by atoms with van der Waals surface area (Å²) >= 11 is 0. The van der Waals surface area contributed by atoms with Crippen LogP contribution in [0.15, 0.2) is 0 Å². The zero-order chi connectivity index (χ0) is 11.4. The molecule has 0 fully saturated rings. The van der Waals surface area contributed by atoms with Gasteiger partial charge in [-0.15, -0.1) is 0 Å². The molecule has 0 spiro atoms. The van der Waals surface area contributed by atoms with Crippen molar-refractivity contribution in [3.05, 3.63) is 0 Å². The molecule has 0 radical (unpaired) electrons. The highest BCUT2D eigenvalue weighted by molar-refractivity contribution is 5.77. The smallest absolute Gasteiger partial charge is 0.306 e. The predicted octanol–water partition coefficient (Wildman–Crippen LogP) is 1.40.